The van der Waals surface area contributed by atoms with Gasteiger partial charge in [0.15, 0.2) is 5.16 Å². The van der Waals surface area contributed by atoms with Crippen LogP contribution >= 0.6 is 11.8 Å². The van der Waals surface area contributed by atoms with Crippen molar-refractivity contribution in [3.63, 3.8) is 0 Å². The largest absolute Gasteiger partial charge is 0.378 e. The predicted molar refractivity (Wildman–Crippen MR) is 119 cm³/mol. The second-order valence-corrected chi connectivity index (χ2v) is 9.35. The lowest BCUT2D eigenvalue weighted by Gasteiger charge is -2.36. The minimum absolute atomic E-state index is 0.137. The Balaban J connectivity index is 1.61. The standard InChI is InChI=1S/C22H30FN5O2S/c1-3-18-8-4-5-10-27(18)20(29)16(2)31-22-25-24-21(26-11-13-30-14-12-26)28(22)19-9-6-7-17(23)15-19/h6-7,9,15-16,18H,3-5,8,10-14H2,1-2H3. The molecule has 1 aromatic heterocycles. The van der Waals surface area contributed by atoms with Crippen LogP contribution in [0.15, 0.2) is 29.4 Å². The summed E-state index contributed by atoms with van der Waals surface area (Å²) < 4.78 is 21.3. The van der Waals surface area contributed by atoms with E-state index in [1.807, 2.05) is 22.5 Å². The quantitative estimate of drug-likeness (QED) is 0.632. The van der Waals surface area contributed by atoms with Crippen molar-refractivity contribution >= 4 is 23.6 Å². The zero-order chi connectivity index (χ0) is 21.8. The van der Waals surface area contributed by atoms with Crippen LogP contribution in [0, 0.1) is 5.82 Å². The van der Waals surface area contributed by atoms with Crippen molar-refractivity contribution in [1.29, 1.82) is 0 Å². The Morgan fingerprint density at radius 1 is 1.26 bits per heavy atom. The van der Waals surface area contributed by atoms with Crippen molar-refractivity contribution < 1.29 is 13.9 Å². The van der Waals surface area contributed by atoms with E-state index < -0.39 is 0 Å². The van der Waals surface area contributed by atoms with Gasteiger partial charge in [-0.15, -0.1) is 10.2 Å². The first-order chi connectivity index (χ1) is 15.1. The maximum atomic E-state index is 14.0. The number of ether oxygens (including phenoxy) is 1. The molecule has 2 atom stereocenters. The number of hydrogen-bond acceptors (Lipinski definition) is 6. The zero-order valence-electron chi connectivity index (χ0n) is 18.2. The van der Waals surface area contributed by atoms with Gasteiger partial charge in [-0.1, -0.05) is 24.8 Å². The molecule has 0 bridgehead atoms. The molecular weight excluding hydrogens is 417 g/mol. The maximum Gasteiger partial charge on any atom is 0.236 e. The Kier molecular flexibility index (Phi) is 7.12. The third kappa shape index (κ3) is 4.87. The Bertz CT molecular complexity index is 902. The number of halogens is 1. The highest BCUT2D eigenvalue weighted by Crippen LogP contribution is 2.32. The molecule has 31 heavy (non-hydrogen) atoms. The van der Waals surface area contributed by atoms with E-state index in [4.69, 9.17) is 4.74 Å². The number of morpholine rings is 1. The third-order valence-electron chi connectivity index (χ3n) is 5.99. The summed E-state index contributed by atoms with van der Waals surface area (Å²) in [6, 6.07) is 6.72. The van der Waals surface area contributed by atoms with E-state index >= 15 is 0 Å². The minimum Gasteiger partial charge on any atom is -0.378 e. The number of carbonyl (C=O) groups excluding carboxylic acids is 1. The summed E-state index contributed by atoms with van der Waals surface area (Å²) in [5, 5.41) is 9.11. The van der Waals surface area contributed by atoms with Crippen LogP contribution in [0.25, 0.3) is 5.69 Å². The number of anilines is 1. The highest BCUT2D eigenvalue weighted by Gasteiger charge is 2.31. The lowest BCUT2D eigenvalue weighted by Crippen LogP contribution is -2.46. The lowest BCUT2D eigenvalue weighted by molar-refractivity contribution is -0.134. The van der Waals surface area contributed by atoms with Gasteiger partial charge in [-0.05, 0) is 50.8 Å². The van der Waals surface area contributed by atoms with Crippen LogP contribution in [-0.4, -0.2) is 69.7 Å². The monoisotopic (exact) mass is 447 g/mol. The second kappa shape index (κ2) is 9.99. The fourth-order valence-corrected chi connectivity index (χ4v) is 5.24. The summed E-state index contributed by atoms with van der Waals surface area (Å²) in [5.74, 6) is 0.469. The van der Waals surface area contributed by atoms with Crippen LogP contribution in [0.1, 0.15) is 39.5 Å². The van der Waals surface area contributed by atoms with E-state index in [-0.39, 0.29) is 17.0 Å². The minimum atomic E-state index is -0.321. The maximum absolute atomic E-state index is 14.0. The smallest absolute Gasteiger partial charge is 0.236 e. The van der Waals surface area contributed by atoms with Crippen LogP contribution in [0.3, 0.4) is 0 Å². The van der Waals surface area contributed by atoms with Gasteiger partial charge in [0.2, 0.25) is 11.9 Å². The molecule has 3 heterocycles. The molecule has 2 aliphatic rings. The van der Waals surface area contributed by atoms with E-state index in [9.17, 15) is 9.18 Å². The second-order valence-electron chi connectivity index (χ2n) is 8.05. The van der Waals surface area contributed by atoms with Crippen molar-refractivity contribution in [1.82, 2.24) is 19.7 Å². The summed E-state index contributed by atoms with van der Waals surface area (Å²) >= 11 is 1.39. The van der Waals surface area contributed by atoms with Gasteiger partial charge in [-0.3, -0.25) is 9.36 Å². The van der Waals surface area contributed by atoms with E-state index in [1.165, 1.54) is 30.3 Å². The Morgan fingerprint density at radius 3 is 2.81 bits per heavy atom. The number of piperidine rings is 1. The molecule has 0 N–H and O–H groups in total. The van der Waals surface area contributed by atoms with Crippen LogP contribution in [0.4, 0.5) is 10.3 Å². The molecule has 2 fully saturated rings. The number of aromatic nitrogens is 3. The normalized spacial score (nSPS) is 20.7. The molecule has 2 saturated heterocycles. The molecular formula is C22H30FN5O2S. The molecule has 2 unspecified atom stereocenters. The summed E-state index contributed by atoms with van der Waals surface area (Å²) in [7, 11) is 0. The Morgan fingerprint density at radius 2 is 2.06 bits per heavy atom. The highest BCUT2D eigenvalue weighted by atomic mass is 32.2. The first-order valence-electron chi connectivity index (χ1n) is 11.1. The average Bonchev–Trinajstić information content (AvgIpc) is 3.22. The molecule has 0 spiro atoms. The van der Waals surface area contributed by atoms with Crippen molar-refractivity contribution in [2.45, 2.75) is 56.0 Å². The Labute approximate surface area is 186 Å². The average molecular weight is 448 g/mol. The number of rotatable bonds is 6. The fraction of sp³-hybridized carbons (Fsp3) is 0.591. The van der Waals surface area contributed by atoms with Gasteiger partial charge in [0.05, 0.1) is 24.2 Å². The molecule has 0 radical (unpaired) electrons. The van der Waals surface area contributed by atoms with Crippen LogP contribution < -0.4 is 4.90 Å². The first kappa shape index (κ1) is 22.1. The van der Waals surface area contributed by atoms with E-state index in [0.717, 1.165) is 25.8 Å². The molecule has 4 rings (SSSR count). The van der Waals surface area contributed by atoms with Crippen LogP contribution in [0.2, 0.25) is 0 Å². The van der Waals surface area contributed by atoms with Gasteiger partial charge in [0.25, 0.3) is 0 Å². The number of amides is 1. The number of thioether (sulfide) groups is 1. The molecule has 1 aromatic carbocycles. The summed E-state index contributed by atoms with van der Waals surface area (Å²) in [4.78, 5) is 17.4. The topological polar surface area (TPSA) is 63.5 Å². The van der Waals surface area contributed by atoms with Crippen molar-refractivity contribution in [2.75, 3.05) is 37.7 Å². The van der Waals surface area contributed by atoms with Crippen molar-refractivity contribution in [2.24, 2.45) is 0 Å². The fourth-order valence-electron chi connectivity index (χ4n) is 4.31. The van der Waals surface area contributed by atoms with Crippen molar-refractivity contribution in [3.8, 4) is 5.69 Å². The number of likely N-dealkylation sites (tertiary alicyclic amines) is 1. The number of carbonyl (C=O) groups is 1. The lowest BCUT2D eigenvalue weighted by atomic mass is 10.00. The van der Waals surface area contributed by atoms with Gasteiger partial charge in [0, 0.05) is 25.7 Å². The van der Waals surface area contributed by atoms with Gasteiger partial charge in [0.1, 0.15) is 5.82 Å². The molecule has 7 nitrogen and oxygen atoms in total. The van der Waals surface area contributed by atoms with Gasteiger partial charge >= 0.3 is 0 Å². The Hall–Kier alpha value is -2.13. The van der Waals surface area contributed by atoms with Gasteiger partial charge < -0.3 is 14.5 Å². The molecule has 2 aliphatic heterocycles. The van der Waals surface area contributed by atoms with Crippen LogP contribution in [-0.2, 0) is 9.53 Å². The molecule has 0 aliphatic carbocycles. The first-order valence-corrected chi connectivity index (χ1v) is 12.0. The molecule has 0 saturated carbocycles. The van der Waals surface area contributed by atoms with E-state index in [0.29, 0.717) is 49.1 Å². The molecule has 2 aromatic rings. The third-order valence-corrected chi connectivity index (χ3v) is 7.02. The number of nitrogens with zero attached hydrogens (tertiary/aromatic N) is 5. The van der Waals surface area contributed by atoms with Crippen LogP contribution in [0.5, 0.6) is 0 Å². The van der Waals surface area contributed by atoms with Gasteiger partial charge in [-0.25, -0.2) is 4.39 Å². The molecule has 1 amide bonds. The molecule has 168 valence electrons. The summed E-state index contributed by atoms with van der Waals surface area (Å²) in [6.07, 6.45) is 4.28. The SMILES string of the molecule is CCC1CCCCN1C(=O)C(C)Sc1nnc(N2CCOCC2)n1-c1cccc(F)c1. The predicted octanol–water partition coefficient (Wildman–Crippen LogP) is 3.51. The highest BCUT2D eigenvalue weighted by molar-refractivity contribution is 8.00. The number of benzene rings is 1. The summed E-state index contributed by atoms with van der Waals surface area (Å²) in [5.41, 5.74) is 0.651. The van der Waals surface area contributed by atoms with E-state index in [1.54, 1.807) is 6.07 Å². The van der Waals surface area contributed by atoms with Crippen molar-refractivity contribution in [3.05, 3.63) is 30.1 Å². The van der Waals surface area contributed by atoms with E-state index in [2.05, 4.69) is 22.0 Å². The zero-order valence-corrected chi connectivity index (χ0v) is 19.0. The number of hydrogen-bond donors (Lipinski definition) is 0. The molecule has 9 heteroatoms. The summed E-state index contributed by atoms with van der Waals surface area (Å²) in [6.45, 7) is 7.49. The van der Waals surface area contributed by atoms with Gasteiger partial charge in [-0.2, -0.15) is 0 Å².